The third-order valence-corrected chi connectivity index (χ3v) is 4.47. The van der Waals surface area contributed by atoms with Crippen LogP contribution in [0.4, 0.5) is 5.82 Å². The summed E-state index contributed by atoms with van der Waals surface area (Å²) in [5, 5.41) is 12.5. The standard InChI is InChI=1S/C18H30N4O3/c1-6-22(10-16(23)24)14-7-12(8-14)19-15-9-13(11-25-5)20-17(21-15)18(2,3)4/h9,12,14H,6-8,10-11H2,1-5H3,(H,23,24)(H,19,20,21). The van der Waals surface area contributed by atoms with Gasteiger partial charge in [0.1, 0.15) is 11.6 Å². The predicted octanol–water partition coefficient (Wildman–Crippen LogP) is 2.27. The number of aromatic nitrogens is 2. The molecular formula is C18H30N4O3. The molecule has 0 unspecified atom stereocenters. The number of ether oxygens (including phenoxy) is 1. The van der Waals surface area contributed by atoms with E-state index in [1.54, 1.807) is 7.11 Å². The van der Waals surface area contributed by atoms with Crippen LogP contribution in [-0.2, 0) is 21.6 Å². The molecule has 0 saturated heterocycles. The third kappa shape index (κ3) is 5.37. The smallest absolute Gasteiger partial charge is 0.317 e. The van der Waals surface area contributed by atoms with Gasteiger partial charge in [-0.3, -0.25) is 9.69 Å². The van der Waals surface area contributed by atoms with Crippen molar-refractivity contribution in [3.8, 4) is 0 Å². The van der Waals surface area contributed by atoms with E-state index in [1.807, 2.05) is 17.9 Å². The molecule has 0 bridgehead atoms. The normalized spacial score (nSPS) is 20.4. The van der Waals surface area contributed by atoms with E-state index in [4.69, 9.17) is 9.84 Å². The molecule has 1 heterocycles. The van der Waals surface area contributed by atoms with Crippen LogP contribution in [0.2, 0.25) is 0 Å². The van der Waals surface area contributed by atoms with Crippen LogP contribution in [-0.4, -0.2) is 58.2 Å². The number of hydrogen-bond donors (Lipinski definition) is 2. The van der Waals surface area contributed by atoms with Crippen molar-refractivity contribution in [3.05, 3.63) is 17.6 Å². The molecule has 1 aliphatic carbocycles. The summed E-state index contributed by atoms with van der Waals surface area (Å²) in [5.41, 5.74) is 0.727. The lowest BCUT2D eigenvalue weighted by Crippen LogP contribution is -2.51. The zero-order valence-electron chi connectivity index (χ0n) is 15.9. The highest BCUT2D eigenvalue weighted by molar-refractivity contribution is 5.69. The van der Waals surface area contributed by atoms with E-state index < -0.39 is 5.97 Å². The highest BCUT2D eigenvalue weighted by atomic mass is 16.5. The number of carboxylic acid groups (broad SMARTS) is 1. The number of carboxylic acids is 1. The van der Waals surface area contributed by atoms with Crippen LogP contribution in [0.15, 0.2) is 6.07 Å². The first kappa shape index (κ1) is 19.6. The van der Waals surface area contributed by atoms with Gasteiger partial charge in [-0.25, -0.2) is 9.97 Å². The zero-order chi connectivity index (χ0) is 18.6. The van der Waals surface area contributed by atoms with Crippen molar-refractivity contribution in [2.24, 2.45) is 0 Å². The summed E-state index contributed by atoms with van der Waals surface area (Å²) >= 11 is 0. The number of methoxy groups -OCH3 is 1. The highest BCUT2D eigenvalue weighted by Gasteiger charge is 2.34. The Morgan fingerprint density at radius 2 is 2.08 bits per heavy atom. The van der Waals surface area contributed by atoms with Crippen molar-refractivity contribution < 1.29 is 14.6 Å². The van der Waals surface area contributed by atoms with Gasteiger partial charge < -0.3 is 15.2 Å². The molecular weight excluding hydrogens is 320 g/mol. The average molecular weight is 350 g/mol. The lowest BCUT2D eigenvalue weighted by molar-refractivity contribution is -0.139. The van der Waals surface area contributed by atoms with Crippen molar-refractivity contribution in [2.45, 2.75) is 64.6 Å². The van der Waals surface area contributed by atoms with Gasteiger partial charge in [0.25, 0.3) is 0 Å². The second kappa shape index (κ2) is 8.10. The number of carbonyl (C=O) groups is 1. The van der Waals surface area contributed by atoms with E-state index in [0.717, 1.165) is 36.7 Å². The second-order valence-corrected chi connectivity index (χ2v) is 7.67. The Bertz CT molecular complexity index is 594. The van der Waals surface area contributed by atoms with Gasteiger partial charge in [0.15, 0.2) is 0 Å². The first-order chi connectivity index (χ1) is 11.7. The Hall–Kier alpha value is -1.73. The zero-order valence-corrected chi connectivity index (χ0v) is 15.9. The molecule has 0 spiro atoms. The van der Waals surface area contributed by atoms with Crippen LogP contribution in [0.1, 0.15) is 52.1 Å². The molecule has 1 saturated carbocycles. The van der Waals surface area contributed by atoms with Crippen LogP contribution in [0.25, 0.3) is 0 Å². The quantitative estimate of drug-likeness (QED) is 0.743. The maximum Gasteiger partial charge on any atom is 0.317 e. The Balaban J connectivity index is 2.01. The first-order valence-corrected chi connectivity index (χ1v) is 8.82. The summed E-state index contributed by atoms with van der Waals surface area (Å²) < 4.78 is 5.22. The molecule has 1 fully saturated rings. The van der Waals surface area contributed by atoms with Crippen molar-refractivity contribution in [1.29, 1.82) is 0 Å². The second-order valence-electron chi connectivity index (χ2n) is 7.67. The fourth-order valence-electron chi connectivity index (χ4n) is 3.01. The Labute approximate surface area is 149 Å². The summed E-state index contributed by atoms with van der Waals surface area (Å²) in [6.07, 6.45) is 1.85. The lowest BCUT2D eigenvalue weighted by Gasteiger charge is -2.42. The summed E-state index contributed by atoms with van der Waals surface area (Å²) in [6.45, 7) is 9.58. The first-order valence-electron chi connectivity index (χ1n) is 8.82. The van der Waals surface area contributed by atoms with Gasteiger partial charge in [0.05, 0.1) is 18.8 Å². The molecule has 0 aliphatic heterocycles. The van der Waals surface area contributed by atoms with Gasteiger partial charge in [0, 0.05) is 30.7 Å². The molecule has 1 aromatic heterocycles. The summed E-state index contributed by atoms with van der Waals surface area (Å²) in [5.74, 6) is 0.839. The van der Waals surface area contributed by atoms with Gasteiger partial charge in [-0.1, -0.05) is 27.7 Å². The number of anilines is 1. The van der Waals surface area contributed by atoms with Gasteiger partial charge in [-0.15, -0.1) is 0 Å². The van der Waals surface area contributed by atoms with E-state index in [2.05, 4.69) is 36.1 Å². The molecule has 7 nitrogen and oxygen atoms in total. The molecule has 1 aliphatic rings. The number of nitrogens with one attached hydrogen (secondary N) is 1. The summed E-state index contributed by atoms with van der Waals surface area (Å²) in [6, 6.07) is 2.56. The Morgan fingerprint density at radius 1 is 1.40 bits per heavy atom. The van der Waals surface area contributed by atoms with Crippen LogP contribution < -0.4 is 5.32 Å². The average Bonchev–Trinajstić information content (AvgIpc) is 2.47. The Kier molecular flexibility index (Phi) is 6.35. The molecule has 140 valence electrons. The van der Waals surface area contributed by atoms with Crippen LogP contribution in [0.5, 0.6) is 0 Å². The van der Waals surface area contributed by atoms with Gasteiger partial charge in [-0.05, 0) is 19.4 Å². The molecule has 2 N–H and O–H groups in total. The van der Waals surface area contributed by atoms with E-state index in [1.165, 1.54) is 0 Å². The fraction of sp³-hybridized carbons (Fsp3) is 0.722. The van der Waals surface area contributed by atoms with Gasteiger partial charge in [0.2, 0.25) is 0 Å². The third-order valence-electron chi connectivity index (χ3n) is 4.47. The molecule has 2 rings (SSSR count). The van der Waals surface area contributed by atoms with Crippen LogP contribution >= 0.6 is 0 Å². The van der Waals surface area contributed by atoms with Crippen LogP contribution in [0, 0.1) is 0 Å². The van der Waals surface area contributed by atoms with E-state index in [9.17, 15) is 4.79 Å². The molecule has 25 heavy (non-hydrogen) atoms. The molecule has 0 amide bonds. The SMILES string of the molecule is CCN(CC(=O)O)C1CC(Nc2cc(COC)nc(C(C)(C)C)n2)C1. The lowest BCUT2D eigenvalue weighted by atomic mass is 9.85. The van der Waals surface area contributed by atoms with Gasteiger partial charge in [-0.2, -0.15) is 0 Å². The minimum atomic E-state index is -0.770. The predicted molar refractivity (Wildman–Crippen MR) is 96.8 cm³/mol. The van der Waals surface area contributed by atoms with Crippen molar-refractivity contribution in [2.75, 3.05) is 25.5 Å². The van der Waals surface area contributed by atoms with Crippen molar-refractivity contribution >= 4 is 11.8 Å². The topological polar surface area (TPSA) is 87.6 Å². The molecule has 0 radical (unpaired) electrons. The van der Waals surface area contributed by atoms with E-state index >= 15 is 0 Å². The number of likely N-dealkylation sites (N-methyl/N-ethyl adjacent to an activating group) is 1. The van der Waals surface area contributed by atoms with Crippen molar-refractivity contribution in [3.63, 3.8) is 0 Å². The van der Waals surface area contributed by atoms with E-state index in [0.29, 0.717) is 18.7 Å². The molecule has 1 aromatic rings. The molecule has 0 atom stereocenters. The van der Waals surface area contributed by atoms with Gasteiger partial charge >= 0.3 is 5.97 Å². The number of nitrogens with zero attached hydrogens (tertiary/aromatic N) is 3. The Morgan fingerprint density at radius 3 is 2.60 bits per heavy atom. The maximum absolute atomic E-state index is 10.9. The van der Waals surface area contributed by atoms with Crippen LogP contribution in [0.3, 0.4) is 0 Å². The summed E-state index contributed by atoms with van der Waals surface area (Å²) in [4.78, 5) is 22.2. The minimum Gasteiger partial charge on any atom is -0.480 e. The summed E-state index contributed by atoms with van der Waals surface area (Å²) in [7, 11) is 1.66. The highest BCUT2D eigenvalue weighted by Crippen LogP contribution is 2.29. The monoisotopic (exact) mass is 350 g/mol. The fourth-order valence-corrected chi connectivity index (χ4v) is 3.01. The number of hydrogen-bond acceptors (Lipinski definition) is 6. The minimum absolute atomic E-state index is 0.105. The molecule has 0 aromatic carbocycles. The maximum atomic E-state index is 10.9. The molecule has 7 heteroatoms. The largest absolute Gasteiger partial charge is 0.480 e. The number of aliphatic carboxylic acids is 1. The van der Waals surface area contributed by atoms with E-state index in [-0.39, 0.29) is 12.0 Å². The van der Waals surface area contributed by atoms with Crippen molar-refractivity contribution in [1.82, 2.24) is 14.9 Å². The number of rotatable bonds is 8.